The van der Waals surface area contributed by atoms with Crippen molar-refractivity contribution in [1.29, 1.82) is 0 Å². The van der Waals surface area contributed by atoms with E-state index in [0.717, 1.165) is 22.6 Å². The second-order valence-corrected chi connectivity index (χ2v) is 8.88. The van der Waals surface area contributed by atoms with Crippen molar-refractivity contribution in [2.75, 3.05) is 13.7 Å². The molecule has 2 aromatic heterocycles. The third-order valence-electron chi connectivity index (χ3n) is 4.79. The Morgan fingerprint density at radius 1 is 1.06 bits per heavy atom. The number of rotatable bonds is 8. The fraction of sp³-hybridized carbons (Fsp3) is 0.167. The van der Waals surface area contributed by atoms with Gasteiger partial charge in [0.15, 0.2) is 0 Å². The molecule has 0 radical (unpaired) electrons. The standard InChI is InChI=1S/C24H20Cl2N4O3S/c1-3-33-24(31)22-23(30(29-28-22)14-15-7-10-17(32-2)11-8-15)34-21-6-4-5-20(27-21)16-9-12-18(25)19(26)13-16/h4-13H,3,14H2,1-2H3. The number of methoxy groups -OCH3 is 1. The summed E-state index contributed by atoms with van der Waals surface area (Å²) in [6.07, 6.45) is 0. The molecule has 0 aliphatic heterocycles. The van der Waals surface area contributed by atoms with Gasteiger partial charge in [0.1, 0.15) is 15.8 Å². The third kappa shape index (κ3) is 5.52. The van der Waals surface area contributed by atoms with Gasteiger partial charge in [0.05, 0.1) is 36.0 Å². The van der Waals surface area contributed by atoms with Crippen molar-refractivity contribution in [2.45, 2.75) is 23.5 Å². The predicted molar refractivity (Wildman–Crippen MR) is 132 cm³/mol. The Morgan fingerprint density at radius 3 is 2.56 bits per heavy atom. The van der Waals surface area contributed by atoms with E-state index < -0.39 is 5.97 Å². The van der Waals surface area contributed by atoms with Crippen LogP contribution in [-0.2, 0) is 11.3 Å². The number of esters is 1. The molecule has 2 heterocycles. The van der Waals surface area contributed by atoms with E-state index in [1.807, 2.05) is 48.5 Å². The van der Waals surface area contributed by atoms with Crippen LogP contribution in [0, 0.1) is 0 Å². The molecule has 7 nitrogen and oxygen atoms in total. The highest BCUT2D eigenvalue weighted by molar-refractivity contribution is 7.99. The summed E-state index contributed by atoms with van der Waals surface area (Å²) in [6, 6.07) is 18.6. The highest BCUT2D eigenvalue weighted by Gasteiger charge is 2.23. The van der Waals surface area contributed by atoms with E-state index in [2.05, 4.69) is 10.3 Å². The van der Waals surface area contributed by atoms with E-state index in [4.69, 9.17) is 37.7 Å². The number of carbonyl (C=O) groups excluding carboxylic acids is 1. The Labute approximate surface area is 211 Å². The third-order valence-corrected chi connectivity index (χ3v) is 6.56. The normalized spacial score (nSPS) is 10.8. The van der Waals surface area contributed by atoms with Crippen molar-refractivity contribution in [3.8, 4) is 17.0 Å². The SMILES string of the molecule is CCOC(=O)c1nnn(Cc2ccc(OC)cc2)c1Sc1cccc(-c2ccc(Cl)c(Cl)c2)n1. The molecular weight excluding hydrogens is 495 g/mol. The average molecular weight is 515 g/mol. The first-order valence-corrected chi connectivity index (χ1v) is 11.9. The Kier molecular flexibility index (Phi) is 7.72. The quantitative estimate of drug-likeness (QED) is 0.265. The zero-order valence-electron chi connectivity index (χ0n) is 18.4. The number of hydrogen-bond acceptors (Lipinski definition) is 7. The van der Waals surface area contributed by atoms with E-state index in [-0.39, 0.29) is 12.3 Å². The molecule has 4 aromatic rings. The van der Waals surface area contributed by atoms with Crippen molar-refractivity contribution in [2.24, 2.45) is 0 Å². The Morgan fingerprint density at radius 2 is 1.85 bits per heavy atom. The van der Waals surface area contributed by atoms with Crippen LogP contribution in [0.5, 0.6) is 5.75 Å². The number of pyridine rings is 1. The average Bonchev–Trinajstić information content (AvgIpc) is 3.23. The lowest BCUT2D eigenvalue weighted by atomic mass is 10.1. The molecule has 4 rings (SSSR count). The topological polar surface area (TPSA) is 79.1 Å². The van der Waals surface area contributed by atoms with Crippen LogP contribution in [0.2, 0.25) is 10.0 Å². The fourth-order valence-corrected chi connectivity index (χ4v) is 4.34. The van der Waals surface area contributed by atoms with Crippen LogP contribution in [0.25, 0.3) is 11.3 Å². The number of aromatic nitrogens is 4. The number of carbonyl (C=O) groups is 1. The number of nitrogens with zero attached hydrogens (tertiary/aromatic N) is 4. The van der Waals surface area contributed by atoms with Gasteiger partial charge >= 0.3 is 5.97 Å². The first-order chi connectivity index (χ1) is 16.5. The van der Waals surface area contributed by atoms with Gasteiger partial charge in [-0.05, 0) is 60.6 Å². The van der Waals surface area contributed by atoms with Gasteiger partial charge in [0.25, 0.3) is 0 Å². The minimum Gasteiger partial charge on any atom is -0.497 e. The van der Waals surface area contributed by atoms with E-state index >= 15 is 0 Å². The van der Waals surface area contributed by atoms with Crippen molar-refractivity contribution in [3.63, 3.8) is 0 Å². The van der Waals surface area contributed by atoms with Crippen LogP contribution in [0.15, 0.2) is 70.7 Å². The fourth-order valence-electron chi connectivity index (χ4n) is 3.13. The Hall–Kier alpha value is -3.07. The lowest BCUT2D eigenvalue weighted by Crippen LogP contribution is -2.08. The summed E-state index contributed by atoms with van der Waals surface area (Å²) < 4.78 is 12.1. The molecule has 0 saturated heterocycles. The van der Waals surface area contributed by atoms with Crippen LogP contribution in [0.4, 0.5) is 0 Å². The van der Waals surface area contributed by atoms with Crippen molar-refractivity contribution in [3.05, 3.63) is 82.0 Å². The molecule has 0 saturated carbocycles. The van der Waals surface area contributed by atoms with Gasteiger partial charge in [-0.25, -0.2) is 14.5 Å². The molecule has 0 N–H and O–H groups in total. The summed E-state index contributed by atoms with van der Waals surface area (Å²) in [5.41, 5.74) is 2.66. The number of hydrogen-bond donors (Lipinski definition) is 0. The number of ether oxygens (including phenoxy) is 2. The molecule has 0 atom stereocenters. The van der Waals surface area contributed by atoms with Gasteiger partial charge in [0.2, 0.25) is 5.69 Å². The summed E-state index contributed by atoms with van der Waals surface area (Å²) >= 11 is 13.5. The molecule has 0 aliphatic carbocycles. The number of benzene rings is 2. The van der Waals surface area contributed by atoms with Gasteiger partial charge in [-0.3, -0.25) is 0 Å². The van der Waals surface area contributed by atoms with Crippen LogP contribution >= 0.6 is 35.0 Å². The largest absolute Gasteiger partial charge is 0.497 e. The Bertz CT molecular complexity index is 1310. The van der Waals surface area contributed by atoms with Crippen LogP contribution in [0.3, 0.4) is 0 Å². The smallest absolute Gasteiger partial charge is 0.361 e. The highest BCUT2D eigenvalue weighted by atomic mass is 35.5. The molecule has 0 aliphatic rings. The van der Waals surface area contributed by atoms with Crippen LogP contribution in [0.1, 0.15) is 23.0 Å². The zero-order chi connectivity index (χ0) is 24.1. The van der Waals surface area contributed by atoms with Gasteiger partial charge in [-0.15, -0.1) is 5.10 Å². The zero-order valence-corrected chi connectivity index (χ0v) is 20.7. The maximum atomic E-state index is 12.5. The molecular formula is C24H20Cl2N4O3S. The first kappa shape index (κ1) is 24.1. The molecule has 0 bridgehead atoms. The summed E-state index contributed by atoms with van der Waals surface area (Å²) in [5, 5.41) is 10.4. The monoisotopic (exact) mass is 514 g/mol. The first-order valence-electron chi connectivity index (χ1n) is 10.3. The summed E-state index contributed by atoms with van der Waals surface area (Å²) in [7, 11) is 1.62. The molecule has 174 valence electrons. The minimum absolute atomic E-state index is 0.141. The van der Waals surface area contributed by atoms with Gasteiger partial charge in [0, 0.05) is 5.56 Å². The lowest BCUT2D eigenvalue weighted by Gasteiger charge is -2.09. The van der Waals surface area contributed by atoms with Gasteiger partial charge in [-0.2, -0.15) is 0 Å². The molecule has 0 unspecified atom stereocenters. The van der Waals surface area contributed by atoms with Crippen molar-refractivity contribution < 1.29 is 14.3 Å². The Balaban J connectivity index is 1.67. The van der Waals surface area contributed by atoms with Gasteiger partial charge in [-0.1, -0.05) is 52.7 Å². The molecule has 2 aromatic carbocycles. The molecule has 10 heteroatoms. The summed E-state index contributed by atoms with van der Waals surface area (Å²) in [6.45, 7) is 2.39. The van der Waals surface area contributed by atoms with Crippen LogP contribution in [-0.4, -0.2) is 39.7 Å². The predicted octanol–water partition coefficient (Wildman–Crippen LogP) is 6.03. The minimum atomic E-state index is -0.536. The van der Waals surface area contributed by atoms with Gasteiger partial charge < -0.3 is 9.47 Å². The number of halogens is 2. The molecule has 34 heavy (non-hydrogen) atoms. The maximum Gasteiger partial charge on any atom is 0.361 e. The summed E-state index contributed by atoms with van der Waals surface area (Å²) in [5.74, 6) is 0.221. The summed E-state index contributed by atoms with van der Waals surface area (Å²) in [4.78, 5) is 17.3. The second-order valence-electron chi connectivity index (χ2n) is 7.06. The lowest BCUT2D eigenvalue weighted by molar-refractivity contribution is 0.0515. The molecule has 0 spiro atoms. The van der Waals surface area contributed by atoms with Crippen LogP contribution < -0.4 is 4.74 Å². The van der Waals surface area contributed by atoms with Crippen molar-refractivity contribution in [1.82, 2.24) is 20.0 Å². The van der Waals surface area contributed by atoms with Crippen molar-refractivity contribution >= 4 is 40.9 Å². The maximum absolute atomic E-state index is 12.5. The van der Waals surface area contributed by atoms with E-state index in [9.17, 15) is 4.79 Å². The van der Waals surface area contributed by atoms with E-state index in [0.29, 0.717) is 26.6 Å². The second kappa shape index (κ2) is 10.9. The molecule has 0 fully saturated rings. The highest BCUT2D eigenvalue weighted by Crippen LogP contribution is 2.32. The van der Waals surface area contributed by atoms with E-state index in [1.165, 1.54) is 11.8 Å². The molecule has 0 amide bonds. The van der Waals surface area contributed by atoms with E-state index in [1.54, 1.807) is 30.8 Å².